The van der Waals surface area contributed by atoms with E-state index >= 15 is 0 Å². The van der Waals surface area contributed by atoms with E-state index in [4.69, 9.17) is 16.6 Å². The second-order valence-corrected chi connectivity index (χ2v) is 7.56. The van der Waals surface area contributed by atoms with Crippen LogP contribution in [0.5, 0.6) is 0 Å². The molecule has 2 fully saturated rings. The Balaban J connectivity index is 1.84. The number of aryl methyl sites for hydroxylation is 2. The molecule has 0 radical (unpaired) electrons. The first-order chi connectivity index (χ1) is 10.1. The molecule has 0 aliphatic heterocycles. The van der Waals surface area contributed by atoms with Crippen molar-refractivity contribution in [3.8, 4) is 0 Å². The average Bonchev–Trinajstić information content (AvgIpc) is 3.32. The number of alkyl halides is 1. The van der Waals surface area contributed by atoms with Crippen LogP contribution in [0.15, 0.2) is 0 Å². The highest BCUT2D eigenvalue weighted by molar-refractivity contribution is 6.20. The molecule has 2 aliphatic rings. The molecule has 0 spiro atoms. The number of aromatic nitrogens is 4. The van der Waals surface area contributed by atoms with Crippen molar-refractivity contribution in [1.82, 2.24) is 19.3 Å². The van der Waals surface area contributed by atoms with E-state index in [-0.39, 0.29) is 5.38 Å². The van der Waals surface area contributed by atoms with Crippen molar-refractivity contribution in [2.75, 3.05) is 0 Å². The predicted octanol–water partition coefficient (Wildman–Crippen LogP) is 3.82. The Labute approximate surface area is 130 Å². The number of imidazole rings is 1. The van der Waals surface area contributed by atoms with Gasteiger partial charge in [0.05, 0.1) is 11.1 Å². The maximum absolute atomic E-state index is 6.42. The Kier molecular flexibility index (Phi) is 2.91. The first-order valence-corrected chi connectivity index (χ1v) is 8.55. The first-order valence-electron chi connectivity index (χ1n) is 8.12. The summed E-state index contributed by atoms with van der Waals surface area (Å²) in [6, 6.07) is 0. The van der Waals surface area contributed by atoms with Gasteiger partial charge in [-0.3, -0.25) is 4.68 Å². The Morgan fingerprint density at radius 1 is 1.38 bits per heavy atom. The quantitative estimate of drug-likeness (QED) is 0.787. The topological polar surface area (TPSA) is 35.6 Å². The highest BCUT2D eigenvalue weighted by Crippen LogP contribution is 2.62. The Morgan fingerprint density at radius 3 is 2.62 bits per heavy atom. The molecule has 2 aromatic rings. The van der Waals surface area contributed by atoms with Gasteiger partial charge < -0.3 is 4.57 Å². The lowest BCUT2D eigenvalue weighted by molar-refractivity contribution is 0.366. The molecule has 1 atom stereocenters. The van der Waals surface area contributed by atoms with Crippen molar-refractivity contribution in [1.29, 1.82) is 0 Å². The van der Waals surface area contributed by atoms with Gasteiger partial charge in [0.15, 0.2) is 5.65 Å². The van der Waals surface area contributed by atoms with Crippen molar-refractivity contribution in [2.24, 2.45) is 18.4 Å². The lowest BCUT2D eigenvalue weighted by Gasteiger charge is -2.18. The first kappa shape index (κ1) is 13.6. The maximum Gasteiger partial charge on any atom is 0.158 e. The van der Waals surface area contributed by atoms with Gasteiger partial charge in [-0.2, -0.15) is 5.10 Å². The third-order valence-corrected chi connectivity index (χ3v) is 5.52. The number of halogens is 1. The largest absolute Gasteiger partial charge is 0.311 e. The third-order valence-electron chi connectivity index (χ3n) is 5.32. The lowest BCUT2D eigenvalue weighted by atomic mass is 10.0. The van der Waals surface area contributed by atoms with Crippen LogP contribution in [0.3, 0.4) is 0 Å². The van der Waals surface area contributed by atoms with Crippen LogP contribution < -0.4 is 0 Å². The van der Waals surface area contributed by atoms with Crippen LogP contribution in [0.4, 0.5) is 0 Å². The van der Waals surface area contributed by atoms with E-state index in [1.165, 1.54) is 25.7 Å². The zero-order chi connectivity index (χ0) is 14.8. The number of fused-ring (bicyclic) bond motifs is 1. The fourth-order valence-electron chi connectivity index (χ4n) is 3.82. The molecule has 2 saturated carbocycles. The lowest BCUT2D eigenvalue weighted by Crippen LogP contribution is -2.17. The van der Waals surface area contributed by atoms with E-state index in [1.54, 1.807) is 0 Å². The van der Waals surface area contributed by atoms with Gasteiger partial charge in [-0.05, 0) is 50.4 Å². The number of hydrogen-bond acceptors (Lipinski definition) is 2. The molecule has 0 amide bonds. The van der Waals surface area contributed by atoms with E-state index in [1.807, 2.05) is 18.7 Å². The molecule has 114 valence electrons. The van der Waals surface area contributed by atoms with Gasteiger partial charge in [-0.25, -0.2) is 4.98 Å². The summed E-state index contributed by atoms with van der Waals surface area (Å²) in [6.45, 7) is 5.23. The minimum Gasteiger partial charge on any atom is -0.311 e. The SMILES string of the molecule is CCc1nn(C)c2c1nc(C(C)Cl)n2CC1(C2CC2)CC1. The summed E-state index contributed by atoms with van der Waals surface area (Å²) in [5.41, 5.74) is 3.82. The number of hydrogen-bond donors (Lipinski definition) is 0. The number of rotatable bonds is 5. The van der Waals surface area contributed by atoms with E-state index in [0.717, 1.165) is 41.6 Å². The summed E-state index contributed by atoms with van der Waals surface area (Å²) >= 11 is 6.42. The molecular weight excluding hydrogens is 284 g/mol. The van der Waals surface area contributed by atoms with Gasteiger partial charge >= 0.3 is 0 Å². The molecule has 2 heterocycles. The minimum absolute atomic E-state index is 0.0582. The van der Waals surface area contributed by atoms with Gasteiger partial charge in [0.1, 0.15) is 11.3 Å². The third kappa shape index (κ3) is 2.02. The van der Waals surface area contributed by atoms with Gasteiger partial charge in [0.2, 0.25) is 0 Å². The summed E-state index contributed by atoms with van der Waals surface area (Å²) in [5, 5.41) is 4.57. The van der Waals surface area contributed by atoms with Crippen LogP contribution in [0.1, 0.15) is 56.4 Å². The predicted molar refractivity (Wildman–Crippen MR) is 84.5 cm³/mol. The molecule has 0 saturated heterocycles. The van der Waals surface area contributed by atoms with Crippen LogP contribution in [-0.2, 0) is 20.0 Å². The van der Waals surface area contributed by atoms with Crippen molar-refractivity contribution < 1.29 is 0 Å². The Bertz CT molecular complexity index is 689. The molecule has 21 heavy (non-hydrogen) atoms. The fourth-order valence-corrected chi connectivity index (χ4v) is 3.99. The molecule has 0 bridgehead atoms. The van der Waals surface area contributed by atoms with Crippen molar-refractivity contribution in [3.63, 3.8) is 0 Å². The summed E-state index contributed by atoms with van der Waals surface area (Å²) in [4.78, 5) is 4.84. The molecule has 0 N–H and O–H groups in total. The molecule has 5 heteroatoms. The van der Waals surface area contributed by atoms with E-state index < -0.39 is 0 Å². The van der Waals surface area contributed by atoms with E-state index in [2.05, 4.69) is 16.6 Å². The Morgan fingerprint density at radius 2 is 2.10 bits per heavy atom. The highest BCUT2D eigenvalue weighted by Gasteiger charge is 2.54. The van der Waals surface area contributed by atoms with Crippen LogP contribution in [0.2, 0.25) is 0 Å². The van der Waals surface area contributed by atoms with Crippen LogP contribution in [0, 0.1) is 11.3 Å². The molecule has 4 nitrogen and oxygen atoms in total. The molecule has 0 aromatic carbocycles. The van der Waals surface area contributed by atoms with Gasteiger partial charge in [-0.1, -0.05) is 6.92 Å². The smallest absolute Gasteiger partial charge is 0.158 e. The summed E-state index contributed by atoms with van der Waals surface area (Å²) < 4.78 is 4.36. The van der Waals surface area contributed by atoms with Gasteiger partial charge in [0.25, 0.3) is 0 Å². The molecule has 2 aliphatic carbocycles. The second-order valence-electron chi connectivity index (χ2n) is 6.90. The van der Waals surface area contributed by atoms with Crippen LogP contribution in [-0.4, -0.2) is 19.3 Å². The average molecular weight is 307 g/mol. The van der Waals surface area contributed by atoms with Crippen molar-refractivity contribution in [2.45, 2.75) is 57.9 Å². The highest BCUT2D eigenvalue weighted by atomic mass is 35.5. The van der Waals surface area contributed by atoms with Crippen molar-refractivity contribution >= 4 is 22.8 Å². The molecular formula is C16H23ClN4. The zero-order valence-electron chi connectivity index (χ0n) is 13.1. The summed E-state index contributed by atoms with van der Waals surface area (Å²) in [5.74, 6) is 1.95. The standard InChI is InChI=1S/C16H23ClN4/c1-4-12-13-15(20(3)19-12)21(14(18-13)10(2)17)9-16(7-8-16)11-5-6-11/h10-11H,4-9H2,1-3H3. The number of nitrogens with zero attached hydrogens (tertiary/aromatic N) is 4. The van der Waals surface area contributed by atoms with E-state index in [0.29, 0.717) is 5.41 Å². The van der Waals surface area contributed by atoms with Gasteiger partial charge in [0, 0.05) is 13.6 Å². The molecule has 4 rings (SSSR count). The monoisotopic (exact) mass is 306 g/mol. The van der Waals surface area contributed by atoms with Crippen LogP contribution in [0.25, 0.3) is 11.2 Å². The minimum atomic E-state index is -0.0582. The fraction of sp³-hybridized carbons (Fsp3) is 0.750. The zero-order valence-corrected chi connectivity index (χ0v) is 13.8. The van der Waals surface area contributed by atoms with Crippen LogP contribution >= 0.6 is 11.6 Å². The maximum atomic E-state index is 6.42. The van der Waals surface area contributed by atoms with Gasteiger partial charge in [-0.15, -0.1) is 11.6 Å². The molecule has 1 unspecified atom stereocenters. The second kappa shape index (κ2) is 4.48. The summed E-state index contributed by atoms with van der Waals surface area (Å²) in [6.07, 6.45) is 6.47. The Hall–Kier alpha value is -1.03. The summed E-state index contributed by atoms with van der Waals surface area (Å²) in [7, 11) is 2.03. The normalized spacial score (nSPS) is 21.9. The van der Waals surface area contributed by atoms with Crippen molar-refractivity contribution in [3.05, 3.63) is 11.5 Å². The molecule has 2 aromatic heterocycles. The van der Waals surface area contributed by atoms with E-state index in [9.17, 15) is 0 Å².